The fourth-order valence-corrected chi connectivity index (χ4v) is 8.66. The zero-order chi connectivity index (χ0) is 38.4. The minimum atomic E-state index is 0.901. The number of para-hydroxylation sites is 1. The first-order valence-corrected chi connectivity index (χ1v) is 19.8. The van der Waals surface area contributed by atoms with Crippen LogP contribution in [-0.4, -0.2) is 0 Å². The van der Waals surface area contributed by atoms with E-state index >= 15 is 0 Å². The molecule has 0 aliphatic heterocycles. The van der Waals surface area contributed by atoms with Crippen molar-refractivity contribution in [2.24, 2.45) is 0 Å². The average Bonchev–Trinajstić information content (AvgIpc) is 3.69. The summed E-state index contributed by atoms with van der Waals surface area (Å²) in [6.45, 7) is 0. The van der Waals surface area contributed by atoms with Crippen molar-refractivity contribution in [2.75, 3.05) is 4.90 Å². The number of hydrogen-bond donors (Lipinski definition) is 0. The van der Waals surface area contributed by atoms with Crippen LogP contribution >= 0.6 is 0 Å². The second kappa shape index (κ2) is 14.1. The summed E-state index contributed by atoms with van der Waals surface area (Å²) < 4.78 is 6.24. The summed E-state index contributed by atoms with van der Waals surface area (Å²) in [5.74, 6) is 0. The first-order chi connectivity index (χ1) is 28.7. The van der Waals surface area contributed by atoms with Crippen LogP contribution in [0, 0.1) is 0 Å². The van der Waals surface area contributed by atoms with Gasteiger partial charge in [-0.2, -0.15) is 0 Å². The van der Waals surface area contributed by atoms with Crippen LogP contribution in [0.3, 0.4) is 0 Å². The topological polar surface area (TPSA) is 16.4 Å². The van der Waals surface area contributed by atoms with Crippen LogP contribution in [0.2, 0.25) is 0 Å². The highest BCUT2D eigenvalue weighted by atomic mass is 16.3. The molecule has 1 aromatic heterocycles. The van der Waals surface area contributed by atoms with Gasteiger partial charge in [-0.1, -0.05) is 176 Å². The van der Waals surface area contributed by atoms with E-state index in [0.717, 1.165) is 50.1 Å². The summed E-state index contributed by atoms with van der Waals surface area (Å²) >= 11 is 0. The molecule has 1 heterocycles. The highest BCUT2D eigenvalue weighted by molar-refractivity contribution is 6.12. The molecule has 0 saturated carbocycles. The minimum Gasteiger partial charge on any atom is -0.456 e. The molecule has 0 bridgehead atoms. The first-order valence-electron chi connectivity index (χ1n) is 19.8. The van der Waals surface area contributed by atoms with E-state index < -0.39 is 0 Å². The maximum atomic E-state index is 6.24. The van der Waals surface area contributed by atoms with E-state index in [-0.39, 0.29) is 0 Å². The summed E-state index contributed by atoms with van der Waals surface area (Å²) in [6, 6.07) is 80.7. The Bertz CT molecular complexity index is 3250. The van der Waals surface area contributed by atoms with Gasteiger partial charge < -0.3 is 9.32 Å². The van der Waals surface area contributed by atoms with E-state index in [9.17, 15) is 0 Å². The van der Waals surface area contributed by atoms with Crippen molar-refractivity contribution in [1.82, 2.24) is 0 Å². The third kappa shape index (κ3) is 5.91. The smallest absolute Gasteiger partial charge is 0.136 e. The van der Waals surface area contributed by atoms with E-state index in [1.807, 2.05) is 12.1 Å². The quantitative estimate of drug-likeness (QED) is 0.162. The molecule has 2 heteroatoms. The summed E-state index contributed by atoms with van der Waals surface area (Å²) in [4.78, 5) is 2.36. The van der Waals surface area contributed by atoms with Gasteiger partial charge in [0.05, 0.1) is 0 Å². The van der Waals surface area contributed by atoms with Crippen LogP contribution < -0.4 is 4.90 Å². The number of benzene rings is 10. The molecule has 11 aromatic rings. The van der Waals surface area contributed by atoms with Crippen molar-refractivity contribution < 1.29 is 4.42 Å². The van der Waals surface area contributed by atoms with E-state index in [4.69, 9.17) is 4.42 Å². The van der Waals surface area contributed by atoms with Gasteiger partial charge in [-0.05, 0) is 115 Å². The van der Waals surface area contributed by atoms with Crippen molar-refractivity contribution >= 4 is 60.5 Å². The van der Waals surface area contributed by atoms with Crippen LogP contribution in [0.15, 0.2) is 229 Å². The second-order valence-corrected chi connectivity index (χ2v) is 14.9. The van der Waals surface area contributed by atoms with Gasteiger partial charge in [-0.25, -0.2) is 0 Å². The Morgan fingerprint density at radius 3 is 1.40 bits per heavy atom. The van der Waals surface area contributed by atoms with Crippen molar-refractivity contribution in [3.05, 3.63) is 224 Å². The van der Waals surface area contributed by atoms with E-state index in [1.165, 1.54) is 54.9 Å². The molecule has 58 heavy (non-hydrogen) atoms. The predicted molar refractivity (Wildman–Crippen MR) is 245 cm³/mol. The first kappa shape index (κ1) is 33.6. The fraction of sp³-hybridized carbons (Fsp3) is 0. The zero-order valence-electron chi connectivity index (χ0n) is 31.7. The average molecular weight is 740 g/mol. The monoisotopic (exact) mass is 739 g/mol. The van der Waals surface area contributed by atoms with Gasteiger partial charge in [0, 0.05) is 27.8 Å². The Morgan fingerprint density at radius 2 is 0.724 bits per heavy atom. The molecule has 0 aliphatic carbocycles. The number of hydrogen-bond acceptors (Lipinski definition) is 2. The lowest BCUT2D eigenvalue weighted by molar-refractivity contribution is 0.669. The van der Waals surface area contributed by atoms with Crippen LogP contribution in [0.5, 0.6) is 0 Å². The number of nitrogens with zero attached hydrogens (tertiary/aromatic N) is 1. The molecule has 0 fully saturated rings. The normalized spacial score (nSPS) is 11.4. The molecule has 0 radical (unpaired) electrons. The highest BCUT2D eigenvalue weighted by Crippen LogP contribution is 2.41. The molecule has 0 N–H and O–H groups in total. The van der Waals surface area contributed by atoms with Crippen molar-refractivity contribution in [3.63, 3.8) is 0 Å². The van der Waals surface area contributed by atoms with Crippen LogP contribution in [0.1, 0.15) is 0 Å². The molecule has 10 aromatic carbocycles. The summed E-state index contributed by atoms with van der Waals surface area (Å²) in [6.07, 6.45) is 0. The Kier molecular flexibility index (Phi) is 8.19. The van der Waals surface area contributed by atoms with Crippen LogP contribution in [0.25, 0.3) is 88.0 Å². The largest absolute Gasteiger partial charge is 0.456 e. The van der Waals surface area contributed by atoms with Crippen molar-refractivity contribution in [1.29, 1.82) is 0 Å². The van der Waals surface area contributed by atoms with E-state index in [2.05, 4.69) is 217 Å². The standard InChI is InChI=1S/C56H37NO/c1-3-17-48-40(11-1)13-8-20-50(48)42-27-25-38(26-28-42)39-29-33-45(34-30-39)57(47-16-7-15-44(37-47)51-21-9-14-41-12-2-4-18-49(41)51)46-35-31-43(32-36-46)52-22-10-24-55-56(52)53-19-5-6-23-54(53)58-55/h1-37H. The van der Waals surface area contributed by atoms with Crippen LogP contribution in [0.4, 0.5) is 17.1 Å². The number of rotatable bonds is 7. The SMILES string of the molecule is c1cc(-c2cccc3ccccc23)cc(N(c2ccc(-c3ccc(-c4cccc5ccccc45)cc3)cc2)c2ccc(-c3cccc4oc5ccccc5c34)cc2)c1. The van der Waals surface area contributed by atoms with Gasteiger partial charge in [-0.3, -0.25) is 0 Å². The number of fused-ring (bicyclic) bond motifs is 5. The number of anilines is 3. The van der Waals surface area contributed by atoms with Crippen molar-refractivity contribution in [2.45, 2.75) is 0 Å². The van der Waals surface area contributed by atoms with E-state index in [1.54, 1.807) is 0 Å². The molecule has 0 atom stereocenters. The molecule has 0 unspecified atom stereocenters. The Labute approximate surface area is 337 Å². The lowest BCUT2D eigenvalue weighted by atomic mass is 9.96. The maximum absolute atomic E-state index is 6.24. The molecule has 0 aliphatic rings. The van der Waals surface area contributed by atoms with Gasteiger partial charge in [0.2, 0.25) is 0 Å². The lowest BCUT2D eigenvalue weighted by Gasteiger charge is -2.26. The molecule has 11 rings (SSSR count). The van der Waals surface area contributed by atoms with Crippen molar-refractivity contribution in [3.8, 4) is 44.5 Å². The second-order valence-electron chi connectivity index (χ2n) is 14.9. The zero-order valence-corrected chi connectivity index (χ0v) is 31.7. The summed E-state index contributed by atoms with van der Waals surface area (Å²) in [7, 11) is 0. The van der Waals surface area contributed by atoms with Gasteiger partial charge >= 0.3 is 0 Å². The van der Waals surface area contributed by atoms with Gasteiger partial charge in [0.1, 0.15) is 11.2 Å². The summed E-state index contributed by atoms with van der Waals surface area (Å²) in [5.41, 5.74) is 14.6. The van der Waals surface area contributed by atoms with Gasteiger partial charge in [0.25, 0.3) is 0 Å². The fourth-order valence-electron chi connectivity index (χ4n) is 8.66. The molecule has 0 saturated heterocycles. The molecular weight excluding hydrogens is 703 g/mol. The Morgan fingerprint density at radius 1 is 0.276 bits per heavy atom. The number of furan rings is 1. The van der Waals surface area contributed by atoms with E-state index in [0.29, 0.717) is 0 Å². The Hall–Kier alpha value is -7.68. The molecule has 272 valence electrons. The molecule has 2 nitrogen and oxygen atoms in total. The third-order valence-corrected chi connectivity index (χ3v) is 11.5. The lowest BCUT2D eigenvalue weighted by Crippen LogP contribution is -2.10. The van der Waals surface area contributed by atoms with Gasteiger partial charge in [-0.15, -0.1) is 0 Å². The minimum absolute atomic E-state index is 0.901. The highest BCUT2D eigenvalue weighted by Gasteiger charge is 2.17. The van der Waals surface area contributed by atoms with Crippen LogP contribution in [-0.2, 0) is 0 Å². The predicted octanol–water partition coefficient (Wildman–Crippen LogP) is 16.0. The summed E-state index contributed by atoms with van der Waals surface area (Å²) in [5, 5.41) is 7.28. The molecule has 0 spiro atoms. The maximum Gasteiger partial charge on any atom is 0.136 e. The molecule has 0 amide bonds. The Balaban J connectivity index is 0.984. The van der Waals surface area contributed by atoms with Gasteiger partial charge in [0.15, 0.2) is 0 Å². The third-order valence-electron chi connectivity index (χ3n) is 11.5. The molecular formula is C56H37NO.